The first kappa shape index (κ1) is 16.1. The normalized spacial score (nSPS) is 10.5. The molecule has 0 saturated heterocycles. The van der Waals surface area contributed by atoms with Gasteiger partial charge in [-0.15, -0.1) is 12.6 Å². The van der Waals surface area contributed by atoms with Gasteiger partial charge in [0, 0.05) is 16.0 Å². The maximum absolute atomic E-state index is 11.9. The Bertz CT molecular complexity index is 737. The lowest BCUT2D eigenvalue weighted by molar-refractivity contribution is 0.100. The summed E-state index contributed by atoms with van der Waals surface area (Å²) >= 11 is 16.5. The molecule has 0 aromatic heterocycles. The van der Waals surface area contributed by atoms with Gasteiger partial charge in [0.1, 0.15) is 0 Å². The molecule has 0 saturated carbocycles. The fraction of sp³-hybridized carbons (Fsp3) is 0.125. The topological polar surface area (TPSA) is 34.1 Å². The lowest BCUT2D eigenvalue weighted by Gasteiger charge is -2.13. The van der Waals surface area contributed by atoms with Gasteiger partial charge >= 0.3 is 0 Å². The van der Waals surface area contributed by atoms with E-state index in [9.17, 15) is 9.59 Å². The van der Waals surface area contributed by atoms with E-state index in [-0.39, 0.29) is 21.6 Å². The van der Waals surface area contributed by atoms with E-state index in [0.717, 1.165) is 5.56 Å². The summed E-state index contributed by atoms with van der Waals surface area (Å²) in [5, 5.41) is 0.455. The van der Waals surface area contributed by atoms with Crippen LogP contribution in [-0.2, 0) is 0 Å². The Kier molecular flexibility index (Phi) is 4.77. The summed E-state index contributed by atoms with van der Waals surface area (Å²) in [6, 6.07) is 8.67. The average molecular weight is 339 g/mol. The fourth-order valence-corrected chi connectivity index (χ4v) is 2.86. The summed E-state index contributed by atoms with van der Waals surface area (Å²) in [5.74, 6) is -0.196. The number of carbonyl (C=O) groups is 2. The minimum absolute atomic E-state index is 0.0163. The molecule has 0 N–H and O–H groups in total. The number of thiol groups is 1. The van der Waals surface area contributed by atoms with Crippen molar-refractivity contribution in [1.82, 2.24) is 0 Å². The van der Waals surface area contributed by atoms with Crippen LogP contribution in [0.4, 0.5) is 0 Å². The highest BCUT2D eigenvalue weighted by Crippen LogP contribution is 2.39. The highest BCUT2D eigenvalue weighted by molar-refractivity contribution is 7.80. The summed E-state index contributed by atoms with van der Waals surface area (Å²) < 4.78 is 0. The molecule has 21 heavy (non-hydrogen) atoms. The van der Waals surface area contributed by atoms with Crippen molar-refractivity contribution in [1.29, 1.82) is 0 Å². The van der Waals surface area contributed by atoms with Gasteiger partial charge in [-0.1, -0.05) is 47.5 Å². The minimum Gasteiger partial charge on any atom is -0.295 e. The standard InChI is InChI=1S/C16H12Cl2O2S/c1-8(19)10-3-5-11(6-4-10)12-7-13(21)15(17)16(18)14(12)9(2)20/h3-7,21H,1-2H3. The van der Waals surface area contributed by atoms with E-state index < -0.39 is 0 Å². The van der Waals surface area contributed by atoms with Crippen LogP contribution in [-0.4, -0.2) is 11.6 Å². The van der Waals surface area contributed by atoms with E-state index in [0.29, 0.717) is 21.6 Å². The highest BCUT2D eigenvalue weighted by atomic mass is 35.5. The van der Waals surface area contributed by atoms with Crippen LogP contribution in [0, 0.1) is 0 Å². The van der Waals surface area contributed by atoms with Crippen LogP contribution in [0.2, 0.25) is 10.0 Å². The van der Waals surface area contributed by atoms with Gasteiger partial charge in [-0.2, -0.15) is 0 Å². The van der Waals surface area contributed by atoms with E-state index in [1.807, 2.05) is 0 Å². The van der Waals surface area contributed by atoms with E-state index in [2.05, 4.69) is 12.6 Å². The summed E-state index contributed by atoms with van der Waals surface area (Å²) in [6.07, 6.45) is 0. The van der Waals surface area contributed by atoms with Gasteiger partial charge in [-0.3, -0.25) is 9.59 Å². The van der Waals surface area contributed by atoms with Crippen LogP contribution in [0.3, 0.4) is 0 Å². The van der Waals surface area contributed by atoms with Crippen LogP contribution < -0.4 is 0 Å². The van der Waals surface area contributed by atoms with E-state index >= 15 is 0 Å². The second-order valence-corrected chi connectivity index (χ2v) is 5.87. The molecular weight excluding hydrogens is 327 g/mol. The quantitative estimate of drug-likeness (QED) is 0.604. The number of halogens is 2. The van der Waals surface area contributed by atoms with Crippen LogP contribution >= 0.6 is 35.8 Å². The number of ketones is 2. The number of benzene rings is 2. The molecule has 2 rings (SSSR count). The van der Waals surface area contributed by atoms with Gasteiger partial charge in [-0.05, 0) is 31.0 Å². The number of carbonyl (C=O) groups excluding carboxylic acids is 2. The largest absolute Gasteiger partial charge is 0.295 e. The molecule has 108 valence electrons. The van der Waals surface area contributed by atoms with Crippen molar-refractivity contribution >= 4 is 47.4 Å². The Morgan fingerprint density at radius 1 is 0.952 bits per heavy atom. The van der Waals surface area contributed by atoms with Crippen molar-refractivity contribution in [2.24, 2.45) is 0 Å². The van der Waals surface area contributed by atoms with Crippen molar-refractivity contribution < 1.29 is 9.59 Å². The third-order valence-corrected chi connectivity index (χ3v) is 4.49. The predicted molar refractivity (Wildman–Crippen MR) is 89.2 cm³/mol. The third kappa shape index (κ3) is 3.15. The lowest BCUT2D eigenvalue weighted by Crippen LogP contribution is -2.00. The van der Waals surface area contributed by atoms with Gasteiger partial charge in [0.25, 0.3) is 0 Å². The Hall–Kier alpha value is -1.29. The molecule has 2 aromatic rings. The molecular formula is C16H12Cl2O2S. The second-order valence-electron chi connectivity index (χ2n) is 4.64. The zero-order valence-electron chi connectivity index (χ0n) is 11.4. The Labute approximate surface area is 138 Å². The molecule has 0 unspecified atom stereocenters. The molecule has 0 radical (unpaired) electrons. The zero-order valence-corrected chi connectivity index (χ0v) is 13.8. The third-order valence-electron chi connectivity index (χ3n) is 3.14. The first-order valence-corrected chi connectivity index (χ1v) is 7.36. The number of hydrogen-bond acceptors (Lipinski definition) is 3. The molecule has 0 aliphatic carbocycles. The molecule has 0 amide bonds. The van der Waals surface area contributed by atoms with Crippen molar-refractivity contribution in [3.63, 3.8) is 0 Å². The van der Waals surface area contributed by atoms with Crippen LogP contribution in [0.25, 0.3) is 11.1 Å². The average Bonchev–Trinajstić information content (AvgIpc) is 2.44. The number of rotatable bonds is 3. The van der Waals surface area contributed by atoms with Crippen LogP contribution in [0.1, 0.15) is 34.6 Å². The number of Topliss-reactive ketones (excluding diaryl/α,β-unsaturated/α-hetero) is 2. The molecule has 0 heterocycles. The van der Waals surface area contributed by atoms with Crippen LogP contribution in [0.5, 0.6) is 0 Å². The summed E-state index contributed by atoms with van der Waals surface area (Å²) in [7, 11) is 0. The van der Waals surface area contributed by atoms with Crippen LogP contribution in [0.15, 0.2) is 35.2 Å². The first-order valence-electron chi connectivity index (χ1n) is 6.16. The maximum Gasteiger partial charge on any atom is 0.161 e. The Morgan fingerprint density at radius 2 is 1.52 bits per heavy atom. The molecule has 0 aliphatic rings. The van der Waals surface area contributed by atoms with Gasteiger partial charge < -0.3 is 0 Å². The summed E-state index contributed by atoms with van der Waals surface area (Å²) in [5.41, 5.74) is 2.39. The highest BCUT2D eigenvalue weighted by Gasteiger charge is 2.18. The number of hydrogen-bond donors (Lipinski definition) is 1. The summed E-state index contributed by atoms with van der Waals surface area (Å²) in [4.78, 5) is 23.7. The Morgan fingerprint density at radius 3 is 2.00 bits per heavy atom. The van der Waals surface area contributed by atoms with Gasteiger partial charge in [0.2, 0.25) is 0 Å². The molecule has 0 atom stereocenters. The van der Waals surface area contributed by atoms with Crippen molar-refractivity contribution in [2.75, 3.05) is 0 Å². The van der Waals surface area contributed by atoms with Crippen molar-refractivity contribution in [2.45, 2.75) is 18.7 Å². The van der Waals surface area contributed by atoms with Crippen molar-refractivity contribution in [3.8, 4) is 11.1 Å². The molecule has 0 aliphatic heterocycles. The maximum atomic E-state index is 11.9. The molecule has 2 aromatic carbocycles. The smallest absolute Gasteiger partial charge is 0.161 e. The van der Waals surface area contributed by atoms with Gasteiger partial charge in [0.15, 0.2) is 11.6 Å². The van der Waals surface area contributed by atoms with E-state index in [4.69, 9.17) is 23.2 Å². The minimum atomic E-state index is -0.180. The molecule has 5 heteroatoms. The molecule has 0 bridgehead atoms. The van der Waals surface area contributed by atoms with Crippen molar-refractivity contribution in [3.05, 3.63) is 51.5 Å². The SMILES string of the molecule is CC(=O)c1ccc(-c2cc(S)c(Cl)c(Cl)c2C(C)=O)cc1. The molecule has 0 fully saturated rings. The van der Waals surface area contributed by atoms with Gasteiger partial charge in [0.05, 0.1) is 10.0 Å². The molecule has 0 spiro atoms. The van der Waals surface area contributed by atoms with E-state index in [1.165, 1.54) is 13.8 Å². The fourth-order valence-electron chi connectivity index (χ4n) is 2.07. The monoisotopic (exact) mass is 338 g/mol. The Balaban J connectivity index is 2.68. The zero-order chi connectivity index (χ0) is 15.7. The summed E-state index contributed by atoms with van der Waals surface area (Å²) in [6.45, 7) is 2.93. The first-order chi connectivity index (χ1) is 9.82. The predicted octanol–water partition coefficient (Wildman–Crippen LogP) is 5.35. The van der Waals surface area contributed by atoms with E-state index in [1.54, 1.807) is 30.3 Å². The second kappa shape index (κ2) is 6.22. The van der Waals surface area contributed by atoms with Gasteiger partial charge in [-0.25, -0.2) is 0 Å². The lowest BCUT2D eigenvalue weighted by atomic mass is 9.96. The molecule has 2 nitrogen and oxygen atoms in total.